The van der Waals surface area contributed by atoms with E-state index in [0.717, 1.165) is 11.1 Å². The number of nitrogens with zero attached hydrogens (tertiary/aromatic N) is 3. The zero-order chi connectivity index (χ0) is 14.9. The molecule has 0 aliphatic rings. The Balaban J connectivity index is 2.06. The molecule has 2 aromatic rings. The Kier molecular flexibility index (Phi) is 3.94. The second kappa shape index (κ2) is 5.35. The zero-order valence-corrected chi connectivity index (χ0v) is 11.0. The van der Waals surface area contributed by atoms with Crippen LogP contribution in [0.5, 0.6) is 0 Å². The molecule has 0 unspecified atom stereocenters. The molecule has 20 heavy (non-hydrogen) atoms. The topological polar surface area (TPSA) is 42.7 Å². The van der Waals surface area contributed by atoms with Crippen LogP contribution in [0.4, 0.5) is 17.6 Å². The first kappa shape index (κ1) is 14.7. The van der Waals surface area contributed by atoms with Crippen molar-refractivity contribution in [2.24, 2.45) is 7.05 Å². The molecule has 0 saturated carbocycles. The number of halogens is 4. The summed E-state index contributed by atoms with van der Waals surface area (Å²) >= 11 is 0. The third-order valence-corrected chi connectivity index (χ3v) is 2.93. The van der Waals surface area contributed by atoms with Crippen LogP contribution in [-0.4, -0.2) is 33.7 Å². The van der Waals surface area contributed by atoms with Crippen molar-refractivity contribution in [3.05, 3.63) is 23.5 Å². The molecule has 2 rings (SSSR count). The van der Waals surface area contributed by atoms with Gasteiger partial charge in [0.1, 0.15) is 0 Å². The number of nitrogens with one attached hydrogen (secondary N) is 1. The number of fused-ring (bicyclic) bond motifs is 1. The third kappa shape index (κ3) is 2.90. The van der Waals surface area contributed by atoms with Gasteiger partial charge in [0.05, 0.1) is 12.2 Å². The number of aryl methyl sites for hydroxylation is 2. The monoisotopic (exact) mass is 290 g/mol. The zero-order valence-electron chi connectivity index (χ0n) is 11.0. The summed E-state index contributed by atoms with van der Waals surface area (Å²) in [4.78, 5) is 4.18. The maximum Gasteiger partial charge on any atom is 0.319 e. The van der Waals surface area contributed by atoms with Gasteiger partial charge in [-0.3, -0.25) is 4.68 Å². The molecule has 0 aliphatic heterocycles. The quantitative estimate of drug-likeness (QED) is 0.859. The van der Waals surface area contributed by atoms with Crippen LogP contribution >= 0.6 is 0 Å². The van der Waals surface area contributed by atoms with E-state index in [4.69, 9.17) is 0 Å². The second-order valence-corrected chi connectivity index (χ2v) is 4.59. The molecule has 0 aromatic carbocycles. The van der Waals surface area contributed by atoms with E-state index >= 15 is 0 Å². The molecule has 8 heteroatoms. The lowest BCUT2D eigenvalue weighted by atomic mass is 10.2. The summed E-state index contributed by atoms with van der Waals surface area (Å²) in [5, 5.41) is 7.32. The van der Waals surface area contributed by atoms with Crippen molar-refractivity contribution < 1.29 is 17.6 Å². The van der Waals surface area contributed by atoms with Gasteiger partial charge in [-0.1, -0.05) is 0 Å². The number of aromatic nitrogens is 3. The molecule has 0 amide bonds. The van der Waals surface area contributed by atoms with Gasteiger partial charge < -0.3 is 5.32 Å². The van der Waals surface area contributed by atoms with Crippen molar-refractivity contribution in [3.8, 4) is 0 Å². The molecule has 0 spiro atoms. The van der Waals surface area contributed by atoms with Gasteiger partial charge in [-0.05, 0) is 18.6 Å². The highest BCUT2D eigenvalue weighted by molar-refractivity contribution is 5.78. The molecule has 0 saturated heterocycles. The van der Waals surface area contributed by atoms with Gasteiger partial charge in [-0.15, -0.1) is 0 Å². The average molecular weight is 290 g/mol. The lowest BCUT2D eigenvalue weighted by molar-refractivity contribution is -0.125. The van der Waals surface area contributed by atoms with Gasteiger partial charge in [-0.25, -0.2) is 13.8 Å². The van der Waals surface area contributed by atoms with E-state index in [1.807, 2.05) is 6.92 Å². The van der Waals surface area contributed by atoms with E-state index in [9.17, 15) is 17.6 Å². The molecular formula is C12H14F4N4. The van der Waals surface area contributed by atoms with Gasteiger partial charge >= 0.3 is 12.3 Å². The van der Waals surface area contributed by atoms with Crippen LogP contribution in [0.3, 0.4) is 0 Å². The van der Waals surface area contributed by atoms with Gasteiger partial charge in [-0.2, -0.15) is 13.9 Å². The van der Waals surface area contributed by atoms with Crippen LogP contribution in [0, 0.1) is 6.92 Å². The Morgan fingerprint density at radius 1 is 1.40 bits per heavy atom. The predicted octanol–water partition coefficient (Wildman–Crippen LogP) is 2.27. The summed E-state index contributed by atoms with van der Waals surface area (Å²) in [6, 6.07) is 1.76. The molecule has 0 bridgehead atoms. The summed E-state index contributed by atoms with van der Waals surface area (Å²) in [6.07, 6.45) is -2.16. The molecular weight excluding hydrogens is 276 g/mol. The van der Waals surface area contributed by atoms with Crippen molar-refractivity contribution in [3.63, 3.8) is 0 Å². The van der Waals surface area contributed by atoms with Crippen LogP contribution in [-0.2, 0) is 13.6 Å². The van der Waals surface area contributed by atoms with Gasteiger partial charge in [0.15, 0.2) is 5.65 Å². The fourth-order valence-corrected chi connectivity index (χ4v) is 1.90. The standard InChI is InChI=1S/C12H14F4N4/c1-7-9-3-8(5-18-10(9)20(2)19-7)4-17-6-12(15,16)11(13)14/h3,5,11,17H,4,6H2,1-2H3. The summed E-state index contributed by atoms with van der Waals surface area (Å²) in [5.74, 6) is -4.03. The summed E-state index contributed by atoms with van der Waals surface area (Å²) < 4.78 is 51.1. The maximum absolute atomic E-state index is 12.7. The summed E-state index contributed by atoms with van der Waals surface area (Å²) in [6.45, 7) is 0.778. The molecule has 0 radical (unpaired) electrons. The molecule has 1 N–H and O–H groups in total. The molecule has 110 valence electrons. The first-order valence-corrected chi connectivity index (χ1v) is 5.96. The Hall–Kier alpha value is -1.70. The first-order valence-electron chi connectivity index (χ1n) is 5.96. The number of pyridine rings is 1. The number of alkyl halides is 4. The first-order chi connectivity index (χ1) is 9.31. The maximum atomic E-state index is 12.7. The van der Waals surface area contributed by atoms with E-state index in [-0.39, 0.29) is 6.54 Å². The van der Waals surface area contributed by atoms with E-state index in [1.165, 1.54) is 6.20 Å². The molecule has 4 nitrogen and oxygen atoms in total. The molecule has 2 aromatic heterocycles. The molecule has 0 aliphatic carbocycles. The van der Waals surface area contributed by atoms with Gasteiger partial charge in [0, 0.05) is 25.2 Å². The van der Waals surface area contributed by atoms with Crippen LogP contribution in [0.15, 0.2) is 12.3 Å². The van der Waals surface area contributed by atoms with E-state index in [2.05, 4.69) is 15.4 Å². The Labute approximate surface area is 112 Å². The van der Waals surface area contributed by atoms with E-state index in [0.29, 0.717) is 11.2 Å². The van der Waals surface area contributed by atoms with E-state index in [1.54, 1.807) is 17.8 Å². The van der Waals surface area contributed by atoms with Crippen molar-refractivity contribution in [1.29, 1.82) is 0 Å². The van der Waals surface area contributed by atoms with Crippen LogP contribution in [0.1, 0.15) is 11.3 Å². The van der Waals surface area contributed by atoms with Crippen molar-refractivity contribution in [1.82, 2.24) is 20.1 Å². The lowest BCUT2D eigenvalue weighted by Crippen LogP contribution is -2.38. The van der Waals surface area contributed by atoms with Crippen molar-refractivity contribution in [2.45, 2.75) is 25.8 Å². The second-order valence-electron chi connectivity index (χ2n) is 4.59. The van der Waals surface area contributed by atoms with Crippen molar-refractivity contribution in [2.75, 3.05) is 6.54 Å². The molecule has 0 atom stereocenters. The Bertz CT molecular complexity index is 609. The average Bonchev–Trinajstić information content (AvgIpc) is 2.64. The highest BCUT2D eigenvalue weighted by atomic mass is 19.3. The Morgan fingerprint density at radius 3 is 2.75 bits per heavy atom. The summed E-state index contributed by atoms with van der Waals surface area (Å²) in [5.41, 5.74) is 2.09. The summed E-state index contributed by atoms with van der Waals surface area (Å²) in [7, 11) is 1.75. The number of rotatable bonds is 5. The molecule has 2 heterocycles. The lowest BCUT2D eigenvalue weighted by Gasteiger charge is -2.15. The van der Waals surface area contributed by atoms with Gasteiger partial charge in [0.25, 0.3) is 0 Å². The van der Waals surface area contributed by atoms with E-state index < -0.39 is 18.9 Å². The SMILES string of the molecule is Cc1nn(C)c2ncc(CNCC(F)(F)C(F)F)cc12. The minimum absolute atomic E-state index is 0.0413. The van der Waals surface area contributed by atoms with Crippen LogP contribution in [0.25, 0.3) is 11.0 Å². The smallest absolute Gasteiger partial charge is 0.307 e. The number of hydrogen-bond acceptors (Lipinski definition) is 3. The van der Waals surface area contributed by atoms with Crippen molar-refractivity contribution >= 4 is 11.0 Å². The van der Waals surface area contributed by atoms with Crippen LogP contribution < -0.4 is 5.32 Å². The highest BCUT2D eigenvalue weighted by Gasteiger charge is 2.39. The largest absolute Gasteiger partial charge is 0.319 e. The Morgan fingerprint density at radius 2 is 2.10 bits per heavy atom. The third-order valence-electron chi connectivity index (χ3n) is 2.93. The minimum atomic E-state index is -4.03. The fourth-order valence-electron chi connectivity index (χ4n) is 1.90. The van der Waals surface area contributed by atoms with Gasteiger partial charge in [0.2, 0.25) is 0 Å². The predicted molar refractivity (Wildman–Crippen MR) is 65.9 cm³/mol. The minimum Gasteiger partial charge on any atom is -0.307 e. The highest BCUT2D eigenvalue weighted by Crippen LogP contribution is 2.22. The fraction of sp³-hybridized carbons (Fsp3) is 0.500. The molecule has 0 fully saturated rings. The normalized spacial score (nSPS) is 12.6. The number of hydrogen-bond donors (Lipinski definition) is 1. The van der Waals surface area contributed by atoms with Crippen LogP contribution in [0.2, 0.25) is 0 Å².